The average Bonchev–Trinajstić information content (AvgIpc) is 2.99. The van der Waals surface area contributed by atoms with Gasteiger partial charge in [0, 0.05) is 31.7 Å². The standard InChI is InChI=1S/C32H31F3N6O4/c1-6-21(43)39-13-17(5)40-18(14-39)10-12-45-29-23-30(37-27(25(29)35)22-20(42)8-7-19(33)24(22)34)41(32(44)38-31(23)40)28-16(4)9-11-36-26(28)15(2)3/h6-9,11,15,17-18,42H,1,10,12-14H2,2-5H3. The lowest BCUT2D eigenvalue weighted by Gasteiger charge is -2.47. The van der Waals surface area contributed by atoms with Gasteiger partial charge in [0.25, 0.3) is 0 Å². The van der Waals surface area contributed by atoms with Crippen LogP contribution in [0.1, 0.15) is 44.4 Å². The molecule has 1 fully saturated rings. The number of halogens is 3. The lowest BCUT2D eigenvalue weighted by Crippen LogP contribution is -2.60. The maximum Gasteiger partial charge on any atom is 0.355 e. The number of ether oxygens (including phenoxy) is 1. The summed E-state index contributed by atoms with van der Waals surface area (Å²) in [4.78, 5) is 43.6. The van der Waals surface area contributed by atoms with E-state index in [2.05, 4.69) is 21.5 Å². The van der Waals surface area contributed by atoms with Gasteiger partial charge in [0.2, 0.25) is 5.91 Å². The molecule has 5 heterocycles. The van der Waals surface area contributed by atoms with Gasteiger partial charge < -0.3 is 19.6 Å². The van der Waals surface area contributed by atoms with Crippen LogP contribution in [0.2, 0.25) is 0 Å². The van der Waals surface area contributed by atoms with E-state index in [1.807, 2.05) is 25.7 Å². The third kappa shape index (κ3) is 4.77. The highest BCUT2D eigenvalue weighted by Gasteiger charge is 2.39. The number of fused-ring (bicyclic) bond motifs is 2. The second-order valence-electron chi connectivity index (χ2n) is 11.6. The number of carbonyl (C=O) groups excluding carboxylic acids is 1. The molecule has 4 aromatic rings. The molecule has 1 N–H and O–H groups in total. The van der Waals surface area contributed by atoms with Crippen molar-refractivity contribution in [3.8, 4) is 28.4 Å². The molecule has 2 unspecified atom stereocenters. The molecule has 2 atom stereocenters. The van der Waals surface area contributed by atoms with E-state index in [1.54, 1.807) is 24.1 Å². The molecule has 13 heteroatoms. The first-order valence-electron chi connectivity index (χ1n) is 14.6. The van der Waals surface area contributed by atoms with Crippen LogP contribution in [0.25, 0.3) is 28.0 Å². The van der Waals surface area contributed by atoms with E-state index in [0.29, 0.717) is 29.4 Å². The van der Waals surface area contributed by atoms with Crippen molar-refractivity contribution in [2.24, 2.45) is 0 Å². The van der Waals surface area contributed by atoms with Crippen molar-refractivity contribution in [2.45, 2.75) is 52.1 Å². The van der Waals surface area contributed by atoms with Gasteiger partial charge in [-0.15, -0.1) is 0 Å². The van der Waals surface area contributed by atoms with Gasteiger partial charge in [0.15, 0.2) is 28.8 Å². The van der Waals surface area contributed by atoms with Crippen molar-refractivity contribution < 1.29 is 27.8 Å². The topological polar surface area (TPSA) is 114 Å². The van der Waals surface area contributed by atoms with Crippen LogP contribution in [0.15, 0.2) is 41.8 Å². The molecule has 1 saturated heterocycles. The Morgan fingerprint density at radius 3 is 2.62 bits per heavy atom. The van der Waals surface area contributed by atoms with E-state index >= 15 is 8.78 Å². The van der Waals surface area contributed by atoms with Gasteiger partial charge in [-0.25, -0.2) is 27.5 Å². The Morgan fingerprint density at radius 2 is 1.91 bits per heavy atom. The molecule has 0 saturated carbocycles. The summed E-state index contributed by atoms with van der Waals surface area (Å²) in [5.74, 6) is -5.46. The van der Waals surface area contributed by atoms with Crippen LogP contribution in [0.4, 0.5) is 19.0 Å². The molecule has 3 aromatic heterocycles. The summed E-state index contributed by atoms with van der Waals surface area (Å²) in [5, 5.41) is 10.6. The molecule has 2 aliphatic rings. The Hall–Kier alpha value is -4.94. The molecule has 10 nitrogen and oxygen atoms in total. The maximum absolute atomic E-state index is 16.6. The van der Waals surface area contributed by atoms with Crippen molar-refractivity contribution in [3.63, 3.8) is 0 Å². The number of carbonyl (C=O) groups is 1. The minimum Gasteiger partial charge on any atom is -0.507 e. The summed E-state index contributed by atoms with van der Waals surface area (Å²) in [6.45, 7) is 11.5. The lowest BCUT2D eigenvalue weighted by molar-refractivity contribution is -0.127. The number of aromatic nitrogens is 4. The molecular weight excluding hydrogens is 589 g/mol. The fourth-order valence-corrected chi connectivity index (χ4v) is 6.32. The highest BCUT2D eigenvalue weighted by Crippen LogP contribution is 2.44. The van der Waals surface area contributed by atoms with Crippen molar-refractivity contribution in [2.75, 3.05) is 24.6 Å². The predicted molar refractivity (Wildman–Crippen MR) is 161 cm³/mol. The van der Waals surface area contributed by atoms with E-state index in [0.717, 1.165) is 6.07 Å². The third-order valence-corrected chi connectivity index (χ3v) is 8.35. The number of nitrogens with zero attached hydrogens (tertiary/aromatic N) is 6. The highest BCUT2D eigenvalue weighted by molar-refractivity contribution is 5.97. The van der Waals surface area contributed by atoms with Gasteiger partial charge in [-0.3, -0.25) is 9.78 Å². The molecule has 6 rings (SSSR count). The van der Waals surface area contributed by atoms with Crippen LogP contribution in [0, 0.1) is 24.4 Å². The molecule has 0 aliphatic carbocycles. The van der Waals surface area contributed by atoms with Gasteiger partial charge in [0.1, 0.15) is 22.6 Å². The van der Waals surface area contributed by atoms with Gasteiger partial charge in [-0.1, -0.05) is 20.4 Å². The zero-order valence-corrected chi connectivity index (χ0v) is 25.1. The second kappa shape index (κ2) is 11.2. The minimum atomic E-state index is -1.51. The molecule has 45 heavy (non-hydrogen) atoms. The van der Waals surface area contributed by atoms with Gasteiger partial charge in [-0.05, 0) is 49.6 Å². The first-order valence-corrected chi connectivity index (χ1v) is 14.6. The fraction of sp³-hybridized carbons (Fsp3) is 0.344. The summed E-state index contributed by atoms with van der Waals surface area (Å²) in [7, 11) is 0. The molecule has 234 valence electrons. The molecule has 1 aromatic carbocycles. The number of phenolic OH excluding ortho intramolecular Hbond substituents is 1. The second-order valence-corrected chi connectivity index (χ2v) is 11.6. The van der Waals surface area contributed by atoms with Crippen molar-refractivity contribution in [3.05, 3.63) is 76.2 Å². The Bertz CT molecular complexity index is 1950. The van der Waals surface area contributed by atoms with Gasteiger partial charge in [-0.2, -0.15) is 4.98 Å². The van der Waals surface area contributed by atoms with Crippen LogP contribution >= 0.6 is 0 Å². The smallest absolute Gasteiger partial charge is 0.355 e. The molecule has 0 bridgehead atoms. The van der Waals surface area contributed by atoms with Crippen LogP contribution in [-0.2, 0) is 4.79 Å². The number of amides is 1. The van der Waals surface area contributed by atoms with Gasteiger partial charge in [0.05, 0.1) is 29.6 Å². The van der Waals surface area contributed by atoms with Crippen LogP contribution in [-0.4, -0.2) is 67.2 Å². The van der Waals surface area contributed by atoms with Crippen LogP contribution < -0.4 is 15.3 Å². The summed E-state index contributed by atoms with van der Waals surface area (Å²) in [5.41, 5.74) is -0.958. The van der Waals surface area contributed by atoms with Crippen molar-refractivity contribution in [1.29, 1.82) is 0 Å². The summed E-state index contributed by atoms with van der Waals surface area (Å²) < 4.78 is 53.4. The Balaban J connectivity index is 1.75. The number of pyridine rings is 2. The SMILES string of the molecule is C=CC(=O)N1CC(C)N2c3nc(=O)n(-c4c(C)ccnc4C(C)C)c4nc(-c5c(O)ccc(F)c5F)c(F)c(c34)OCCC2C1. The monoisotopic (exact) mass is 620 g/mol. The fourth-order valence-electron chi connectivity index (χ4n) is 6.32. The zero-order chi connectivity index (χ0) is 32.3. The number of rotatable bonds is 4. The molecule has 2 aliphatic heterocycles. The summed E-state index contributed by atoms with van der Waals surface area (Å²) >= 11 is 0. The Labute approximate surface area is 256 Å². The van der Waals surface area contributed by atoms with Gasteiger partial charge >= 0.3 is 5.69 Å². The number of benzene rings is 1. The molecular formula is C32H31F3N6O4. The first kappa shape index (κ1) is 30.1. The van der Waals surface area contributed by atoms with Crippen molar-refractivity contribution in [1.82, 2.24) is 24.4 Å². The number of phenols is 1. The van der Waals surface area contributed by atoms with E-state index in [9.17, 15) is 19.1 Å². The normalized spacial score (nSPS) is 18.0. The molecule has 0 spiro atoms. The van der Waals surface area contributed by atoms with Crippen LogP contribution in [0.5, 0.6) is 11.5 Å². The number of piperazine rings is 1. The summed E-state index contributed by atoms with van der Waals surface area (Å²) in [6, 6.07) is 2.57. The maximum atomic E-state index is 16.6. The largest absolute Gasteiger partial charge is 0.507 e. The number of hydrogen-bond acceptors (Lipinski definition) is 8. The highest BCUT2D eigenvalue weighted by atomic mass is 19.2. The van der Waals surface area contributed by atoms with E-state index < -0.39 is 40.1 Å². The average molecular weight is 621 g/mol. The van der Waals surface area contributed by atoms with E-state index in [1.165, 1.54) is 10.6 Å². The predicted octanol–water partition coefficient (Wildman–Crippen LogP) is 4.77. The van der Waals surface area contributed by atoms with Crippen LogP contribution in [0.3, 0.4) is 0 Å². The van der Waals surface area contributed by atoms with E-state index in [4.69, 9.17) is 4.74 Å². The molecule has 1 amide bonds. The Morgan fingerprint density at radius 1 is 1.16 bits per heavy atom. The van der Waals surface area contributed by atoms with E-state index in [-0.39, 0.29) is 66.2 Å². The third-order valence-electron chi connectivity index (χ3n) is 8.35. The quantitative estimate of drug-likeness (QED) is 0.325. The number of aromatic hydroxyl groups is 1. The summed E-state index contributed by atoms with van der Waals surface area (Å²) in [6.07, 6.45) is 3.15. The minimum absolute atomic E-state index is 0.0289. The van der Waals surface area contributed by atoms with Crippen molar-refractivity contribution >= 4 is 22.8 Å². The molecule has 0 radical (unpaired) electrons. The number of hydrogen-bond donors (Lipinski definition) is 1. The first-order chi connectivity index (χ1) is 21.4. The Kier molecular flexibility index (Phi) is 7.50. The zero-order valence-electron chi connectivity index (χ0n) is 25.1. The number of aryl methyl sites for hydroxylation is 1. The number of anilines is 1. The lowest BCUT2D eigenvalue weighted by atomic mass is 10.0.